The van der Waals surface area contributed by atoms with Gasteiger partial charge in [0.1, 0.15) is 6.04 Å². The van der Waals surface area contributed by atoms with Crippen LogP contribution in [-0.4, -0.2) is 44.2 Å². The predicted molar refractivity (Wildman–Crippen MR) is 43.7 cm³/mol. The van der Waals surface area contributed by atoms with Gasteiger partial charge in [-0.05, 0) is 0 Å². The normalized spacial score (nSPS) is 11.8. The molecule has 5 nitrogen and oxygen atoms in total. The maximum atomic E-state index is 10.3. The van der Waals surface area contributed by atoms with Gasteiger partial charge in [0, 0.05) is 35.4 Å². The molecule has 1 aromatic rings. The van der Waals surface area contributed by atoms with Crippen molar-refractivity contribution in [1.29, 1.82) is 0 Å². The third-order valence-corrected chi connectivity index (χ3v) is 1.31. The van der Waals surface area contributed by atoms with Crippen LogP contribution in [0.15, 0.2) is 12.5 Å². The fourth-order valence-electron chi connectivity index (χ4n) is 0.721. The van der Waals surface area contributed by atoms with Gasteiger partial charge in [0.25, 0.3) is 0 Å². The van der Waals surface area contributed by atoms with Gasteiger partial charge >= 0.3 is 5.97 Å². The fraction of sp³-hybridized carbons (Fsp3) is 0.333. The number of imidazole rings is 1. The molecule has 1 atom stereocenters. The van der Waals surface area contributed by atoms with E-state index >= 15 is 0 Å². The maximum Gasteiger partial charge on any atom is 0.320 e. The van der Waals surface area contributed by atoms with Crippen molar-refractivity contribution in [1.82, 2.24) is 9.97 Å². The first-order chi connectivity index (χ1) is 5.20. The molecule has 1 heterocycles. The summed E-state index contributed by atoms with van der Waals surface area (Å²) in [5.74, 6) is -1.00. The number of aromatic amines is 1. The molecule has 0 aliphatic heterocycles. The summed E-state index contributed by atoms with van der Waals surface area (Å²) in [6.07, 6.45) is 3.34. The average Bonchev–Trinajstić information content (AvgIpc) is 2.39. The summed E-state index contributed by atoms with van der Waals surface area (Å²) in [6.45, 7) is 0. The molecule has 0 bridgehead atoms. The van der Waals surface area contributed by atoms with Gasteiger partial charge in [-0.25, -0.2) is 4.98 Å². The second kappa shape index (κ2) is 4.92. The second-order valence-electron chi connectivity index (χ2n) is 2.23. The van der Waals surface area contributed by atoms with Crippen LogP contribution in [0.4, 0.5) is 0 Å². The van der Waals surface area contributed by atoms with Gasteiger partial charge in [0.2, 0.25) is 0 Å². The SMILES string of the molecule is NC(Cc1cnc[nH]1)C(=O)O.[Se]. The third kappa shape index (κ3) is 3.04. The minimum absolute atomic E-state index is 0. The van der Waals surface area contributed by atoms with E-state index in [0.717, 1.165) is 5.69 Å². The van der Waals surface area contributed by atoms with Crippen LogP contribution in [0, 0.1) is 0 Å². The van der Waals surface area contributed by atoms with Crippen LogP contribution in [-0.2, 0) is 11.2 Å². The number of rotatable bonds is 3. The van der Waals surface area contributed by atoms with Crippen molar-refractivity contribution < 1.29 is 9.90 Å². The molecule has 4 N–H and O–H groups in total. The molecule has 12 heavy (non-hydrogen) atoms. The van der Waals surface area contributed by atoms with E-state index in [1.54, 1.807) is 6.20 Å². The first-order valence-corrected chi connectivity index (χ1v) is 3.16. The predicted octanol–water partition coefficient (Wildman–Crippen LogP) is -1.02. The van der Waals surface area contributed by atoms with Crippen LogP contribution in [0.2, 0.25) is 0 Å². The zero-order valence-corrected chi connectivity index (χ0v) is 7.94. The first-order valence-electron chi connectivity index (χ1n) is 3.16. The molecule has 0 aliphatic rings. The molecule has 2 radical (unpaired) electrons. The number of nitrogens with two attached hydrogens (primary N) is 1. The number of carboxylic acids is 1. The largest absolute Gasteiger partial charge is 0.480 e. The first kappa shape index (κ1) is 11.2. The van der Waals surface area contributed by atoms with Gasteiger partial charge in [-0.3, -0.25) is 4.79 Å². The van der Waals surface area contributed by atoms with E-state index in [9.17, 15) is 4.79 Å². The van der Waals surface area contributed by atoms with E-state index in [1.807, 2.05) is 0 Å². The number of aliphatic carboxylic acids is 1. The van der Waals surface area contributed by atoms with E-state index in [2.05, 4.69) is 9.97 Å². The van der Waals surface area contributed by atoms with Crippen molar-refractivity contribution in [3.05, 3.63) is 18.2 Å². The number of carbonyl (C=O) groups is 1. The molecule has 0 aromatic carbocycles. The molecule has 1 unspecified atom stereocenters. The summed E-state index contributed by atoms with van der Waals surface area (Å²) in [4.78, 5) is 16.8. The Balaban J connectivity index is 0.00000121. The third-order valence-electron chi connectivity index (χ3n) is 1.31. The van der Waals surface area contributed by atoms with Crippen molar-refractivity contribution in [3.63, 3.8) is 0 Å². The number of carboxylic acid groups (broad SMARTS) is 1. The number of nitrogens with one attached hydrogen (secondary N) is 1. The molecule has 0 fully saturated rings. The summed E-state index contributed by atoms with van der Waals surface area (Å²) in [5.41, 5.74) is 6.00. The number of aromatic nitrogens is 2. The number of hydrogen-bond donors (Lipinski definition) is 3. The molecule has 6 heteroatoms. The van der Waals surface area contributed by atoms with E-state index in [4.69, 9.17) is 10.8 Å². The smallest absolute Gasteiger partial charge is 0.320 e. The summed E-state index contributed by atoms with van der Waals surface area (Å²) in [6, 6.07) is -0.851. The van der Waals surface area contributed by atoms with Crippen LogP contribution in [0.25, 0.3) is 0 Å². The fourth-order valence-corrected chi connectivity index (χ4v) is 0.721. The minimum Gasteiger partial charge on any atom is -0.480 e. The van der Waals surface area contributed by atoms with Crippen LogP contribution in [0.5, 0.6) is 0 Å². The van der Waals surface area contributed by atoms with E-state index in [0.29, 0.717) is 0 Å². The number of H-pyrrole nitrogens is 1. The van der Waals surface area contributed by atoms with Crippen molar-refractivity contribution in [3.8, 4) is 0 Å². The standard InChI is InChI=1S/C6H9N3O2.Se/c7-5(6(10)11)1-4-2-8-3-9-4;/h2-3,5H,1,7H2,(H,8,9)(H,10,11);. The Labute approximate surface area is 79.8 Å². The Hall–Kier alpha value is -0.841. The topological polar surface area (TPSA) is 92.0 Å². The summed E-state index contributed by atoms with van der Waals surface area (Å²) in [7, 11) is 0. The van der Waals surface area contributed by atoms with Gasteiger partial charge < -0.3 is 15.8 Å². The van der Waals surface area contributed by atoms with Crippen molar-refractivity contribution in [2.45, 2.75) is 12.5 Å². The molecule has 1 rings (SSSR count). The van der Waals surface area contributed by atoms with E-state index in [-0.39, 0.29) is 23.5 Å². The molecule has 0 spiro atoms. The maximum absolute atomic E-state index is 10.3. The van der Waals surface area contributed by atoms with Crippen LogP contribution in [0.3, 0.4) is 0 Å². The van der Waals surface area contributed by atoms with Crippen molar-refractivity contribution >= 4 is 23.0 Å². The Kier molecular flexibility index (Phi) is 4.58. The van der Waals surface area contributed by atoms with Crippen LogP contribution >= 0.6 is 0 Å². The molecule has 0 saturated heterocycles. The molecule has 1 aromatic heterocycles. The summed E-state index contributed by atoms with van der Waals surface area (Å²) in [5, 5.41) is 8.42. The van der Waals surface area contributed by atoms with E-state index in [1.165, 1.54) is 6.33 Å². The number of hydrogen-bond acceptors (Lipinski definition) is 3. The zero-order valence-electron chi connectivity index (χ0n) is 6.23. The molecule has 0 amide bonds. The van der Waals surface area contributed by atoms with Gasteiger partial charge in [-0.15, -0.1) is 0 Å². The molecule has 0 aliphatic carbocycles. The quantitative estimate of drug-likeness (QED) is 0.584. The minimum atomic E-state index is -1.00. The Morgan fingerprint density at radius 2 is 2.50 bits per heavy atom. The van der Waals surface area contributed by atoms with Crippen molar-refractivity contribution in [2.75, 3.05) is 0 Å². The zero-order chi connectivity index (χ0) is 8.27. The monoisotopic (exact) mass is 235 g/mol. The van der Waals surface area contributed by atoms with Crippen LogP contribution < -0.4 is 5.73 Å². The Morgan fingerprint density at radius 1 is 1.83 bits per heavy atom. The second-order valence-corrected chi connectivity index (χ2v) is 2.23. The summed E-state index contributed by atoms with van der Waals surface area (Å²) < 4.78 is 0. The molecule has 66 valence electrons. The number of nitrogens with zero attached hydrogens (tertiary/aromatic N) is 1. The van der Waals surface area contributed by atoms with Gasteiger partial charge in [0.15, 0.2) is 0 Å². The molecular formula is C6H9N3O2Se. The molecule has 0 saturated carbocycles. The Bertz CT molecular complexity index is 237. The van der Waals surface area contributed by atoms with Crippen molar-refractivity contribution in [2.24, 2.45) is 5.73 Å². The van der Waals surface area contributed by atoms with Crippen LogP contribution in [0.1, 0.15) is 5.69 Å². The average molecular weight is 234 g/mol. The van der Waals surface area contributed by atoms with E-state index < -0.39 is 12.0 Å². The Morgan fingerprint density at radius 3 is 2.92 bits per heavy atom. The van der Waals surface area contributed by atoms with Gasteiger partial charge in [-0.1, -0.05) is 0 Å². The molecular weight excluding hydrogens is 225 g/mol. The van der Waals surface area contributed by atoms with Gasteiger partial charge in [-0.2, -0.15) is 0 Å². The van der Waals surface area contributed by atoms with Gasteiger partial charge in [0.05, 0.1) is 6.33 Å². The summed E-state index contributed by atoms with van der Waals surface area (Å²) >= 11 is 0.